The number of fused-ring (bicyclic) bond motifs is 1. The Kier molecular flexibility index (Phi) is 4.44. The number of nitrogens with zero attached hydrogens (tertiary/aromatic N) is 3. The first kappa shape index (κ1) is 16.3. The minimum Gasteiger partial charge on any atom is -0.456 e. The van der Waals surface area contributed by atoms with Crippen LogP contribution in [-0.2, 0) is 17.8 Å². The molecule has 0 radical (unpaired) electrons. The molecule has 0 spiro atoms. The predicted molar refractivity (Wildman–Crippen MR) is 91.5 cm³/mol. The third-order valence-electron chi connectivity index (χ3n) is 3.74. The van der Waals surface area contributed by atoms with Gasteiger partial charge in [-0.05, 0) is 43.5 Å². The molecule has 0 saturated heterocycles. The maximum Gasteiger partial charge on any atom is 0.338 e. The summed E-state index contributed by atoms with van der Waals surface area (Å²) in [6.45, 7) is 5.85. The summed E-state index contributed by atoms with van der Waals surface area (Å²) in [5.41, 5.74) is 2.78. The second-order valence-corrected chi connectivity index (χ2v) is 6.55. The fraction of sp³-hybridized carbons (Fsp3) is 0.294. The second-order valence-electron chi connectivity index (χ2n) is 5.50. The third-order valence-corrected chi connectivity index (χ3v) is 4.79. The first-order chi connectivity index (χ1) is 11.5. The zero-order valence-corrected chi connectivity index (χ0v) is 14.5. The zero-order valence-electron chi connectivity index (χ0n) is 13.7. The standard InChI is InChI=1S/C17H17N3O3S/c1-4-14-19-20-15(21)8-13(18-17(20)24-14)9-23-16(22)12-6-5-10(2)11(3)7-12/h5-8H,4,9H2,1-3H3. The Labute approximate surface area is 142 Å². The van der Waals surface area contributed by atoms with Crippen molar-refractivity contribution in [3.8, 4) is 0 Å². The Balaban J connectivity index is 1.78. The molecule has 6 nitrogen and oxygen atoms in total. The molecule has 0 unspecified atom stereocenters. The Bertz CT molecular complexity index is 975. The molecule has 3 rings (SSSR count). The van der Waals surface area contributed by atoms with Crippen LogP contribution < -0.4 is 5.56 Å². The topological polar surface area (TPSA) is 73.6 Å². The molecule has 24 heavy (non-hydrogen) atoms. The van der Waals surface area contributed by atoms with Crippen LogP contribution in [0.1, 0.15) is 39.1 Å². The van der Waals surface area contributed by atoms with E-state index in [9.17, 15) is 9.59 Å². The van der Waals surface area contributed by atoms with Crippen molar-refractivity contribution in [2.75, 3.05) is 0 Å². The van der Waals surface area contributed by atoms with Gasteiger partial charge in [-0.1, -0.05) is 24.3 Å². The summed E-state index contributed by atoms with van der Waals surface area (Å²) in [5, 5.41) is 5.02. The molecule has 0 aliphatic rings. The molecule has 0 amide bonds. The first-order valence-corrected chi connectivity index (χ1v) is 8.42. The molecule has 1 aromatic carbocycles. The molecular weight excluding hydrogens is 326 g/mol. The molecule has 0 bridgehead atoms. The van der Waals surface area contributed by atoms with Crippen molar-refractivity contribution in [1.82, 2.24) is 14.6 Å². The average molecular weight is 343 g/mol. The van der Waals surface area contributed by atoms with E-state index in [1.54, 1.807) is 12.1 Å². The Hall–Kier alpha value is -2.54. The second kappa shape index (κ2) is 6.52. The number of ether oxygens (including phenoxy) is 1. The van der Waals surface area contributed by atoms with Crippen molar-refractivity contribution in [3.63, 3.8) is 0 Å². The number of hydrogen-bond donors (Lipinski definition) is 0. The van der Waals surface area contributed by atoms with E-state index in [0.29, 0.717) is 16.2 Å². The number of carbonyl (C=O) groups excluding carboxylic acids is 1. The van der Waals surface area contributed by atoms with E-state index in [1.807, 2.05) is 26.8 Å². The molecule has 3 aromatic rings. The van der Waals surface area contributed by atoms with Gasteiger partial charge in [-0.15, -0.1) is 0 Å². The van der Waals surface area contributed by atoms with Crippen LogP contribution in [0.5, 0.6) is 0 Å². The van der Waals surface area contributed by atoms with E-state index in [1.165, 1.54) is 21.9 Å². The quantitative estimate of drug-likeness (QED) is 0.681. The minimum absolute atomic E-state index is 0.0448. The summed E-state index contributed by atoms with van der Waals surface area (Å²) >= 11 is 1.36. The van der Waals surface area contributed by atoms with Crippen LogP contribution in [0.2, 0.25) is 0 Å². The lowest BCUT2D eigenvalue weighted by Crippen LogP contribution is -2.16. The van der Waals surface area contributed by atoms with E-state index in [0.717, 1.165) is 22.6 Å². The number of esters is 1. The SMILES string of the molecule is CCc1nn2c(=O)cc(COC(=O)c3ccc(C)c(C)c3)nc2s1. The van der Waals surface area contributed by atoms with Crippen molar-refractivity contribution in [3.05, 3.63) is 62.0 Å². The Morgan fingerprint density at radius 3 is 2.75 bits per heavy atom. The predicted octanol–water partition coefficient (Wildman–Crippen LogP) is 2.69. The molecular formula is C17H17N3O3S. The summed E-state index contributed by atoms with van der Waals surface area (Å²) in [5.74, 6) is -0.432. The highest BCUT2D eigenvalue weighted by Gasteiger charge is 2.12. The van der Waals surface area contributed by atoms with Crippen LogP contribution in [0.3, 0.4) is 0 Å². The van der Waals surface area contributed by atoms with Gasteiger partial charge in [-0.3, -0.25) is 4.79 Å². The molecule has 0 aliphatic carbocycles. The lowest BCUT2D eigenvalue weighted by atomic mass is 10.1. The summed E-state index contributed by atoms with van der Waals surface area (Å²) < 4.78 is 6.56. The highest BCUT2D eigenvalue weighted by Crippen LogP contribution is 2.14. The molecule has 2 heterocycles. The number of hydrogen-bond acceptors (Lipinski definition) is 6. The van der Waals surface area contributed by atoms with E-state index in [4.69, 9.17) is 4.74 Å². The molecule has 0 N–H and O–H groups in total. The maximum atomic E-state index is 12.1. The molecule has 0 fully saturated rings. The Morgan fingerprint density at radius 1 is 1.25 bits per heavy atom. The summed E-state index contributed by atoms with van der Waals surface area (Å²) in [6.07, 6.45) is 0.741. The van der Waals surface area contributed by atoms with Crippen molar-refractivity contribution in [2.45, 2.75) is 33.8 Å². The van der Waals surface area contributed by atoms with E-state index >= 15 is 0 Å². The fourth-order valence-corrected chi connectivity index (χ4v) is 3.06. The van der Waals surface area contributed by atoms with Crippen molar-refractivity contribution in [1.29, 1.82) is 0 Å². The number of rotatable bonds is 4. The minimum atomic E-state index is -0.432. The number of benzene rings is 1. The van der Waals surface area contributed by atoms with Crippen LogP contribution in [0.4, 0.5) is 0 Å². The monoisotopic (exact) mass is 343 g/mol. The first-order valence-electron chi connectivity index (χ1n) is 7.61. The van der Waals surface area contributed by atoms with Gasteiger partial charge in [0, 0.05) is 6.07 Å². The van der Waals surface area contributed by atoms with Crippen molar-refractivity contribution < 1.29 is 9.53 Å². The normalized spacial score (nSPS) is 11.0. The highest BCUT2D eigenvalue weighted by atomic mass is 32.1. The van der Waals surface area contributed by atoms with Gasteiger partial charge in [0.05, 0.1) is 11.3 Å². The van der Waals surface area contributed by atoms with Crippen LogP contribution in [0, 0.1) is 13.8 Å². The third kappa shape index (κ3) is 3.21. The van der Waals surface area contributed by atoms with Crippen LogP contribution in [0.15, 0.2) is 29.1 Å². The van der Waals surface area contributed by atoms with Crippen molar-refractivity contribution >= 4 is 22.3 Å². The largest absolute Gasteiger partial charge is 0.456 e. The molecule has 0 saturated carbocycles. The van der Waals surface area contributed by atoms with Crippen LogP contribution in [0.25, 0.3) is 4.96 Å². The van der Waals surface area contributed by atoms with Crippen LogP contribution >= 0.6 is 11.3 Å². The van der Waals surface area contributed by atoms with E-state index < -0.39 is 5.97 Å². The number of aromatic nitrogens is 3. The number of carbonyl (C=O) groups is 1. The van der Waals surface area contributed by atoms with E-state index in [2.05, 4.69) is 10.1 Å². The molecule has 7 heteroatoms. The lowest BCUT2D eigenvalue weighted by molar-refractivity contribution is 0.0467. The van der Waals surface area contributed by atoms with Gasteiger partial charge in [0.2, 0.25) is 4.96 Å². The molecule has 0 aliphatic heterocycles. The smallest absolute Gasteiger partial charge is 0.338 e. The van der Waals surface area contributed by atoms with E-state index in [-0.39, 0.29) is 12.2 Å². The fourth-order valence-electron chi connectivity index (χ4n) is 2.20. The summed E-state index contributed by atoms with van der Waals surface area (Å²) in [7, 11) is 0. The van der Waals surface area contributed by atoms with Gasteiger partial charge in [0.25, 0.3) is 5.56 Å². The van der Waals surface area contributed by atoms with Gasteiger partial charge in [-0.2, -0.15) is 9.61 Å². The molecule has 2 aromatic heterocycles. The zero-order chi connectivity index (χ0) is 17.3. The van der Waals surface area contributed by atoms with Gasteiger partial charge < -0.3 is 4.74 Å². The summed E-state index contributed by atoms with van der Waals surface area (Å²) in [6, 6.07) is 6.75. The lowest BCUT2D eigenvalue weighted by Gasteiger charge is -2.06. The van der Waals surface area contributed by atoms with Gasteiger partial charge in [0.15, 0.2) is 0 Å². The average Bonchev–Trinajstić information content (AvgIpc) is 2.99. The maximum absolute atomic E-state index is 12.1. The van der Waals surface area contributed by atoms with Crippen LogP contribution in [-0.4, -0.2) is 20.6 Å². The highest BCUT2D eigenvalue weighted by molar-refractivity contribution is 7.16. The molecule has 124 valence electrons. The van der Waals surface area contributed by atoms with Crippen molar-refractivity contribution in [2.24, 2.45) is 0 Å². The summed E-state index contributed by atoms with van der Waals surface area (Å²) in [4.78, 5) is 29.0. The number of aryl methyl sites for hydroxylation is 3. The van der Waals surface area contributed by atoms with Gasteiger partial charge >= 0.3 is 5.97 Å². The Morgan fingerprint density at radius 2 is 2.04 bits per heavy atom. The van der Waals surface area contributed by atoms with Gasteiger partial charge in [0.1, 0.15) is 11.6 Å². The molecule has 0 atom stereocenters. The van der Waals surface area contributed by atoms with Gasteiger partial charge in [-0.25, -0.2) is 9.78 Å².